The molecule has 0 aliphatic heterocycles. The van der Waals surface area contributed by atoms with Crippen LogP contribution in [-0.2, 0) is 9.59 Å². The zero-order valence-electron chi connectivity index (χ0n) is 8.56. The van der Waals surface area contributed by atoms with Gasteiger partial charge < -0.3 is 15.9 Å². The first-order valence-electron chi connectivity index (χ1n) is 4.33. The molecule has 0 heterocycles. The molecule has 0 fully saturated rings. The van der Waals surface area contributed by atoms with Gasteiger partial charge in [0.1, 0.15) is 0 Å². The van der Waals surface area contributed by atoms with E-state index in [2.05, 4.69) is 5.73 Å². The molecule has 0 aliphatic rings. The van der Waals surface area contributed by atoms with Gasteiger partial charge in [0, 0.05) is 0 Å². The summed E-state index contributed by atoms with van der Waals surface area (Å²) >= 11 is 0. The highest BCUT2D eigenvalue weighted by atomic mass is 16.4. The topological polar surface area (TPSA) is 104 Å². The molecule has 0 aliphatic carbocycles. The molecule has 0 aromatic rings. The highest BCUT2D eigenvalue weighted by Crippen LogP contribution is 1.84. The van der Waals surface area contributed by atoms with Crippen LogP contribution in [0.25, 0.3) is 0 Å². The monoisotopic (exact) mass is 206 g/mol. The number of aliphatic carboxylic acids is 2. The number of hydrogen-bond acceptors (Lipinski definition) is 4. The van der Waals surface area contributed by atoms with Gasteiger partial charge in [-0.1, -0.05) is 13.8 Å². The van der Waals surface area contributed by atoms with Crippen molar-refractivity contribution < 1.29 is 19.8 Å². The van der Waals surface area contributed by atoms with E-state index >= 15 is 0 Å². The summed E-state index contributed by atoms with van der Waals surface area (Å²) in [5, 5.41) is 15.9. The van der Waals surface area contributed by atoms with Crippen LogP contribution < -0.4 is 5.73 Å². The average molecular weight is 206 g/mol. The molecule has 0 spiro atoms. The van der Waals surface area contributed by atoms with Crippen LogP contribution in [0.1, 0.15) is 13.8 Å². The molecule has 0 atom stereocenters. The van der Waals surface area contributed by atoms with Crippen molar-refractivity contribution in [1.82, 2.24) is 4.90 Å². The normalized spacial score (nSPS) is 9.14. The van der Waals surface area contributed by atoms with Crippen LogP contribution >= 0.6 is 0 Å². The molecule has 6 heteroatoms. The van der Waals surface area contributed by atoms with Gasteiger partial charge in [0.25, 0.3) is 0 Å². The Morgan fingerprint density at radius 2 is 1.50 bits per heavy atom. The van der Waals surface area contributed by atoms with Crippen molar-refractivity contribution in [2.24, 2.45) is 5.73 Å². The summed E-state index contributed by atoms with van der Waals surface area (Å²) < 4.78 is 0. The molecule has 0 saturated heterocycles. The van der Waals surface area contributed by atoms with Gasteiger partial charge in [0.2, 0.25) is 0 Å². The van der Waals surface area contributed by atoms with Crippen LogP contribution in [0.3, 0.4) is 0 Å². The maximum Gasteiger partial charge on any atom is 0.317 e. The van der Waals surface area contributed by atoms with Gasteiger partial charge >= 0.3 is 11.9 Å². The molecule has 0 radical (unpaired) electrons. The van der Waals surface area contributed by atoms with E-state index in [1.165, 1.54) is 0 Å². The van der Waals surface area contributed by atoms with Crippen LogP contribution in [0.2, 0.25) is 0 Å². The number of carbonyl (C=O) groups is 2. The summed E-state index contributed by atoms with van der Waals surface area (Å²) in [5.74, 6) is -1.72. The molecule has 0 unspecified atom stereocenters. The molecule has 0 amide bonds. The van der Waals surface area contributed by atoms with Crippen molar-refractivity contribution in [3.63, 3.8) is 0 Å². The Kier molecular flexibility index (Phi) is 10.9. The van der Waals surface area contributed by atoms with Crippen molar-refractivity contribution in [1.29, 1.82) is 0 Å². The van der Waals surface area contributed by atoms with Crippen LogP contribution in [0, 0.1) is 0 Å². The van der Waals surface area contributed by atoms with Crippen LogP contribution in [0.15, 0.2) is 0 Å². The molecule has 4 N–H and O–H groups in total. The Balaban J connectivity index is 0. The summed E-state index contributed by atoms with van der Waals surface area (Å²) in [4.78, 5) is 21.2. The zero-order chi connectivity index (χ0) is 11.6. The zero-order valence-corrected chi connectivity index (χ0v) is 8.56. The molecular formula is C8H18N2O4. The lowest BCUT2D eigenvalue weighted by molar-refractivity contribution is -0.138. The summed E-state index contributed by atoms with van der Waals surface area (Å²) in [6, 6.07) is 0. The summed E-state index contributed by atoms with van der Waals surface area (Å²) in [5.41, 5.74) is 4.57. The van der Waals surface area contributed by atoms with Gasteiger partial charge in [-0.25, -0.2) is 0 Å². The predicted molar refractivity (Wildman–Crippen MR) is 52.1 cm³/mol. The third-order valence-electron chi connectivity index (χ3n) is 1.43. The Morgan fingerprint density at radius 1 is 1.14 bits per heavy atom. The lowest BCUT2D eigenvalue weighted by atomic mass is 10.5. The van der Waals surface area contributed by atoms with Crippen molar-refractivity contribution in [3.8, 4) is 0 Å². The minimum atomic E-state index is -0.968. The fourth-order valence-corrected chi connectivity index (χ4v) is 0.639. The Morgan fingerprint density at radius 3 is 1.57 bits per heavy atom. The number of carboxylic acid groups (broad SMARTS) is 2. The summed E-state index contributed by atoms with van der Waals surface area (Å²) in [7, 11) is 0. The Bertz CT molecular complexity index is 169. The quantitative estimate of drug-likeness (QED) is 0.557. The number of likely N-dealkylation sites (N-methyl/N-ethyl adjacent to an activating group) is 1. The number of nitrogens with zero attached hydrogens (tertiary/aromatic N) is 1. The van der Waals surface area contributed by atoms with Crippen molar-refractivity contribution >= 4 is 11.9 Å². The number of nitrogens with two attached hydrogens (primary N) is 1. The molecule has 0 aromatic carbocycles. The van der Waals surface area contributed by atoms with E-state index in [-0.39, 0.29) is 13.1 Å². The van der Waals surface area contributed by atoms with E-state index in [4.69, 9.17) is 10.2 Å². The maximum atomic E-state index is 10.1. The molecular weight excluding hydrogens is 188 g/mol. The second-order valence-corrected chi connectivity index (χ2v) is 2.45. The number of rotatable bonds is 5. The van der Waals surface area contributed by atoms with Gasteiger partial charge in [0.05, 0.1) is 13.1 Å². The van der Waals surface area contributed by atoms with Crippen LogP contribution in [0.5, 0.6) is 0 Å². The van der Waals surface area contributed by atoms with E-state index < -0.39 is 11.9 Å². The van der Waals surface area contributed by atoms with Gasteiger partial charge in [-0.3, -0.25) is 14.5 Å². The predicted octanol–water partition coefficient (Wildman–Crippen LogP) is -0.557. The fourth-order valence-electron chi connectivity index (χ4n) is 0.639. The molecule has 0 bridgehead atoms. The minimum absolute atomic E-state index is 0.160. The van der Waals surface area contributed by atoms with E-state index in [1.54, 1.807) is 0 Å². The molecule has 0 rings (SSSR count). The lowest BCUT2D eigenvalue weighted by Crippen LogP contribution is -2.29. The summed E-state index contributed by atoms with van der Waals surface area (Å²) in [6.07, 6.45) is 0. The van der Waals surface area contributed by atoms with Gasteiger partial charge in [0.15, 0.2) is 0 Å². The van der Waals surface area contributed by atoms with Gasteiger partial charge in [-0.2, -0.15) is 0 Å². The molecule has 0 aromatic heterocycles. The number of hydrogen-bond donors (Lipinski definition) is 3. The van der Waals surface area contributed by atoms with Crippen molar-refractivity contribution in [2.75, 3.05) is 26.2 Å². The minimum Gasteiger partial charge on any atom is -0.480 e. The fraction of sp³-hybridized carbons (Fsp3) is 0.750. The van der Waals surface area contributed by atoms with E-state index in [1.807, 2.05) is 18.7 Å². The summed E-state index contributed by atoms with van der Waals surface area (Å²) in [6.45, 7) is 5.40. The van der Waals surface area contributed by atoms with Gasteiger partial charge in [-0.15, -0.1) is 0 Å². The SMILES string of the molecule is CCN(CC)CC(=O)O.NCC(=O)O. The van der Waals surface area contributed by atoms with Crippen LogP contribution in [0.4, 0.5) is 0 Å². The van der Waals surface area contributed by atoms with Crippen LogP contribution in [-0.4, -0.2) is 53.2 Å². The molecule has 6 nitrogen and oxygen atoms in total. The third kappa shape index (κ3) is 13.4. The first-order valence-corrected chi connectivity index (χ1v) is 4.33. The molecule has 14 heavy (non-hydrogen) atoms. The lowest BCUT2D eigenvalue weighted by Gasteiger charge is -2.13. The van der Waals surface area contributed by atoms with E-state index in [0.717, 1.165) is 13.1 Å². The maximum absolute atomic E-state index is 10.1. The Labute approximate surface area is 83.3 Å². The largest absolute Gasteiger partial charge is 0.480 e. The Hall–Kier alpha value is -1.14. The third-order valence-corrected chi connectivity index (χ3v) is 1.43. The van der Waals surface area contributed by atoms with Crippen molar-refractivity contribution in [2.45, 2.75) is 13.8 Å². The number of carboxylic acids is 2. The second-order valence-electron chi connectivity index (χ2n) is 2.45. The first kappa shape index (κ1) is 15.3. The second kappa shape index (κ2) is 9.94. The molecule has 84 valence electrons. The van der Waals surface area contributed by atoms with Gasteiger partial charge in [-0.05, 0) is 13.1 Å². The van der Waals surface area contributed by atoms with Crippen molar-refractivity contribution in [3.05, 3.63) is 0 Å². The first-order chi connectivity index (χ1) is 6.47. The average Bonchev–Trinajstić information content (AvgIpc) is 2.14. The standard InChI is InChI=1S/C6H13NO2.C2H5NO2/c1-3-7(4-2)5-6(8)9;3-1-2(4)5/h3-5H2,1-2H3,(H,8,9);1,3H2,(H,4,5). The highest BCUT2D eigenvalue weighted by molar-refractivity contribution is 5.69. The molecule has 0 saturated carbocycles. The van der Waals surface area contributed by atoms with E-state index in [9.17, 15) is 9.59 Å². The van der Waals surface area contributed by atoms with E-state index in [0.29, 0.717) is 0 Å². The highest BCUT2D eigenvalue weighted by Gasteiger charge is 2.02. The smallest absolute Gasteiger partial charge is 0.317 e.